The fraction of sp³-hybridized carbons (Fsp3) is 0.118. The van der Waals surface area contributed by atoms with E-state index in [0.29, 0.717) is 12.3 Å². The lowest BCUT2D eigenvalue weighted by molar-refractivity contribution is 0.340. The van der Waals surface area contributed by atoms with Crippen molar-refractivity contribution in [2.75, 3.05) is 12.3 Å². The molecule has 106 valence electrons. The van der Waals surface area contributed by atoms with Crippen LogP contribution in [0.4, 0.5) is 5.69 Å². The molecule has 0 fully saturated rings. The number of para-hydroxylation sites is 1. The number of aromatic nitrogens is 2. The van der Waals surface area contributed by atoms with Crippen LogP contribution in [-0.2, 0) is 0 Å². The highest BCUT2D eigenvalue weighted by atomic mass is 16.5. The normalized spacial score (nSPS) is 10.5. The Kier molecular flexibility index (Phi) is 3.60. The summed E-state index contributed by atoms with van der Waals surface area (Å²) in [5.41, 5.74) is 9.49. The summed E-state index contributed by atoms with van der Waals surface area (Å²) in [7, 11) is 0. The van der Waals surface area contributed by atoms with E-state index >= 15 is 0 Å². The van der Waals surface area contributed by atoms with Crippen molar-refractivity contribution in [1.82, 2.24) is 9.78 Å². The van der Waals surface area contributed by atoms with Crippen molar-refractivity contribution in [3.8, 4) is 22.7 Å². The molecule has 0 amide bonds. The molecule has 4 heteroatoms. The van der Waals surface area contributed by atoms with Crippen molar-refractivity contribution in [1.29, 1.82) is 0 Å². The van der Waals surface area contributed by atoms with Crippen LogP contribution in [0.3, 0.4) is 0 Å². The van der Waals surface area contributed by atoms with E-state index < -0.39 is 0 Å². The molecule has 4 nitrogen and oxygen atoms in total. The zero-order chi connectivity index (χ0) is 14.7. The van der Waals surface area contributed by atoms with Gasteiger partial charge in [-0.15, -0.1) is 0 Å². The van der Waals surface area contributed by atoms with Crippen LogP contribution in [-0.4, -0.2) is 16.4 Å². The van der Waals surface area contributed by atoms with Crippen molar-refractivity contribution in [3.63, 3.8) is 0 Å². The summed E-state index contributed by atoms with van der Waals surface area (Å²) in [6.07, 6.45) is 1.83. The Balaban J connectivity index is 1.94. The maximum absolute atomic E-state index is 6.09. The first-order valence-corrected chi connectivity index (χ1v) is 6.91. The van der Waals surface area contributed by atoms with Gasteiger partial charge in [-0.1, -0.05) is 18.2 Å². The second-order valence-electron chi connectivity index (χ2n) is 4.67. The fourth-order valence-corrected chi connectivity index (χ4v) is 2.20. The average molecular weight is 279 g/mol. The second-order valence-corrected chi connectivity index (χ2v) is 4.67. The van der Waals surface area contributed by atoms with Crippen molar-refractivity contribution >= 4 is 5.69 Å². The lowest BCUT2D eigenvalue weighted by atomic mass is 10.1. The van der Waals surface area contributed by atoms with Crippen LogP contribution >= 0.6 is 0 Å². The Labute approximate surface area is 123 Å². The topological polar surface area (TPSA) is 53.1 Å². The van der Waals surface area contributed by atoms with Crippen LogP contribution in [0.15, 0.2) is 60.8 Å². The molecule has 1 heterocycles. The summed E-state index contributed by atoms with van der Waals surface area (Å²) < 4.78 is 7.24. The van der Waals surface area contributed by atoms with Crippen LogP contribution in [0.2, 0.25) is 0 Å². The summed E-state index contributed by atoms with van der Waals surface area (Å²) >= 11 is 0. The van der Waals surface area contributed by atoms with Crippen molar-refractivity contribution in [3.05, 3.63) is 60.8 Å². The van der Waals surface area contributed by atoms with Gasteiger partial charge >= 0.3 is 0 Å². The molecular formula is C17H17N3O. The lowest BCUT2D eigenvalue weighted by Crippen LogP contribution is -1.94. The van der Waals surface area contributed by atoms with Crippen LogP contribution < -0.4 is 10.5 Å². The summed E-state index contributed by atoms with van der Waals surface area (Å²) in [4.78, 5) is 0. The number of benzene rings is 2. The minimum Gasteiger partial charge on any atom is -0.494 e. The molecule has 1 aromatic heterocycles. The highest BCUT2D eigenvalue weighted by Crippen LogP contribution is 2.27. The summed E-state index contributed by atoms with van der Waals surface area (Å²) in [5.74, 6) is 0.849. The van der Waals surface area contributed by atoms with E-state index in [2.05, 4.69) is 5.10 Å². The predicted octanol–water partition coefficient (Wildman–Crippen LogP) is 3.52. The van der Waals surface area contributed by atoms with Gasteiger partial charge in [0.05, 0.1) is 24.2 Å². The zero-order valence-electron chi connectivity index (χ0n) is 11.9. The summed E-state index contributed by atoms with van der Waals surface area (Å²) in [6, 6.07) is 17.7. The van der Waals surface area contributed by atoms with Gasteiger partial charge in [0.1, 0.15) is 11.4 Å². The smallest absolute Gasteiger partial charge is 0.119 e. The molecule has 2 aromatic carbocycles. The molecule has 2 N–H and O–H groups in total. The summed E-state index contributed by atoms with van der Waals surface area (Å²) in [5, 5.41) is 4.58. The number of hydrogen-bond acceptors (Lipinski definition) is 3. The largest absolute Gasteiger partial charge is 0.494 e. The van der Waals surface area contributed by atoms with Gasteiger partial charge in [0, 0.05) is 5.56 Å². The van der Waals surface area contributed by atoms with E-state index in [1.165, 1.54) is 0 Å². The molecule has 3 aromatic rings. The quantitative estimate of drug-likeness (QED) is 0.795. The Morgan fingerprint density at radius 1 is 1.05 bits per heavy atom. The fourth-order valence-electron chi connectivity index (χ4n) is 2.20. The second kappa shape index (κ2) is 5.71. The molecule has 0 spiro atoms. The number of nitrogens with two attached hydrogens (primary N) is 1. The minimum absolute atomic E-state index is 0.656. The first kappa shape index (κ1) is 13.2. The molecular weight excluding hydrogens is 262 g/mol. The monoisotopic (exact) mass is 279 g/mol. The van der Waals surface area contributed by atoms with E-state index in [1.807, 2.05) is 67.7 Å². The van der Waals surface area contributed by atoms with Gasteiger partial charge in [-0.3, -0.25) is 0 Å². The average Bonchev–Trinajstić information content (AvgIpc) is 2.91. The molecule has 0 atom stereocenters. The molecule has 0 bridgehead atoms. The highest BCUT2D eigenvalue weighted by Gasteiger charge is 2.09. The Morgan fingerprint density at radius 2 is 1.76 bits per heavy atom. The Hall–Kier alpha value is -2.75. The van der Waals surface area contributed by atoms with Crippen LogP contribution in [0.25, 0.3) is 16.9 Å². The number of hydrogen-bond donors (Lipinski definition) is 1. The number of nitrogen functional groups attached to an aromatic ring is 1. The number of nitrogens with zero attached hydrogens (tertiary/aromatic N) is 2. The van der Waals surface area contributed by atoms with Crippen LogP contribution in [0, 0.1) is 0 Å². The highest BCUT2D eigenvalue weighted by molar-refractivity contribution is 5.72. The van der Waals surface area contributed by atoms with E-state index in [4.69, 9.17) is 10.5 Å². The minimum atomic E-state index is 0.656. The molecule has 0 saturated heterocycles. The van der Waals surface area contributed by atoms with E-state index in [-0.39, 0.29) is 0 Å². The van der Waals surface area contributed by atoms with Crippen molar-refractivity contribution in [2.45, 2.75) is 6.92 Å². The molecule has 0 aliphatic rings. The van der Waals surface area contributed by atoms with Gasteiger partial charge in [0.25, 0.3) is 0 Å². The molecule has 3 rings (SSSR count). The zero-order valence-corrected chi connectivity index (χ0v) is 11.9. The molecule has 0 saturated carbocycles. The van der Waals surface area contributed by atoms with E-state index in [0.717, 1.165) is 22.7 Å². The third-order valence-corrected chi connectivity index (χ3v) is 3.20. The van der Waals surface area contributed by atoms with Gasteiger partial charge in [-0.05, 0) is 43.3 Å². The Bertz CT molecular complexity index is 718. The predicted molar refractivity (Wildman–Crippen MR) is 84.6 cm³/mol. The maximum atomic E-state index is 6.09. The van der Waals surface area contributed by atoms with E-state index in [1.54, 1.807) is 4.68 Å². The first-order valence-electron chi connectivity index (χ1n) is 6.91. The maximum Gasteiger partial charge on any atom is 0.119 e. The van der Waals surface area contributed by atoms with Gasteiger partial charge in [0.15, 0.2) is 0 Å². The van der Waals surface area contributed by atoms with Gasteiger partial charge in [-0.2, -0.15) is 5.10 Å². The van der Waals surface area contributed by atoms with Gasteiger partial charge in [0.2, 0.25) is 0 Å². The van der Waals surface area contributed by atoms with Gasteiger partial charge in [-0.25, -0.2) is 4.68 Å². The third kappa shape index (κ3) is 2.74. The van der Waals surface area contributed by atoms with E-state index in [9.17, 15) is 0 Å². The number of anilines is 1. The van der Waals surface area contributed by atoms with Crippen LogP contribution in [0.5, 0.6) is 5.75 Å². The lowest BCUT2D eigenvalue weighted by Gasteiger charge is -2.04. The van der Waals surface area contributed by atoms with Crippen LogP contribution in [0.1, 0.15) is 6.92 Å². The Morgan fingerprint density at radius 3 is 2.43 bits per heavy atom. The third-order valence-electron chi connectivity index (χ3n) is 3.20. The van der Waals surface area contributed by atoms with Gasteiger partial charge < -0.3 is 10.5 Å². The standard InChI is InChI=1S/C17H17N3O/c1-2-21-15-10-8-13(9-11-15)17-16(18)12-20(19-17)14-6-4-3-5-7-14/h3-12H,2,18H2,1H3. The van der Waals surface area contributed by atoms with Crippen molar-refractivity contribution < 1.29 is 4.74 Å². The summed E-state index contributed by atoms with van der Waals surface area (Å²) in [6.45, 7) is 2.62. The molecule has 21 heavy (non-hydrogen) atoms. The molecule has 0 aliphatic heterocycles. The first-order chi connectivity index (χ1) is 10.3. The molecule has 0 aliphatic carbocycles. The number of ether oxygens (including phenoxy) is 1. The SMILES string of the molecule is CCOc1ccc(-c2nn(-c3ccccc3)cc2N)cc1. The molecule has 0 unspecified atom stereocenters. The number of rotatable bonds is 4. The van der Waals surface area contributed by atoms with Crippen molar-refractivity contribution in [2.24, 2.45) is 0 Å². The molecule has 0 radical (unpaired) electrons.